The quantitative estimate of drug-likeness (QED) is 0.514. The zero-order chi connectivity index (χ0) is 22.3. The highest BCUT2D eigenvalue weighted by Gasteiger charge is 2.15. The van der Waals surface area contributed by atoms with Gasteiger partial charge in [-0.1, -0.05) is 31.2 Å². The van der Waals surface area contributed by atoms with Gasteiger partial charge in [0.05, 0.1) is 6.61 Å². The number of phenolic OH excluding ortho intramolecular Hbond substituents is 1. The first-order chi connectivity index (χ1) is 15.6. The molecule has 1 saturated heterocycles. The molecule has 3 aromatic carbocycles. The highest BCUT2D eigenvalue weighted by Crippen LogP contribution is 2.32. The normalized spacial score (nSPS) is 15.2. The van der Waals surface area contributed by atoms with E-state index in [1.807, 2.05) is 30.3 Å². The summed E-state index contributed by atoms with van der Waals surface area (Å²) in [4.78, 5) is 2.49. The lowest BCUT2D eigenvalue weighted by Crippen LogP contribution is -2.35. The zero-order valence-electron chi connectivity index (χ0n) is 18.8. The number of benzene rings is 3. The Morgan fingerprint density at radius 3 is 2.47 bits per heavy atom. The van der Waals surface area contributed by atoms with Gasteiger partial charge in [0.1, 0.15) is 30.5 Å². The number of fused-ring (bicyclic) bond motifs is 1. The number of hydrogen-bond acceptors (Lipinski definition) is 5. The minimum absolute atomic E-state index is 0.0322. The molecule has 5 heteroatoms. The Bertz CT molecular complexity index is 1010. The first kappa shape index (κ1) is 22.4. The Morgan fingerprint density at radius 2 is 1.72 bits per heavy atom. The number of likely N-dealkylation sites (tertiary alicyclic amines) is 1. The first-order valence-corrected chi connectivity index (χ1v) is 11.5. The van der Waals surface area contributed by atoms with Gasteiger partial charge in [0.2, 0.25) is 0 Å². The van der Waals surface area contributed by atoms with Crippen molar-refractivity contribution in [3.63, 3.8) is 0 Å². The van der Waals surface area contributed by atoms with Crippen LogP contribution >= 0.6 is 0 Å². The fraction of sp³-hybridized carbons (Fsp3) is 0.407. The number of piperidine rings is 1. The van der Waals surface area contributed by atoms with Crippen LogP contribution in [-0.4, -0.2) is 54.6 Å². The van der Waals surface area contributed by atoms with Gasteiger partial charge in [-0.15, -0.1) is 0 Å². The lowest BCUT2D eigenvalue weighted by atomic mass is 9.97. The molecule has 4 rings (SSSR count). The third kappa shape index (κ3) is 5.72. The smallest absolute Gasteiger partial charge is 0.123 e. The average molecular weight is 436 g/mol. The van der Waals surface area contributed by atoms with E-state index in [1.165, 1.54) is 25.9 Å². The number of phenols is 1. The molecule has 0 saturated carbocycles. The topological polar surface area (TPSA) is 62.2 Å². The van der Waals surface area contributed by atoms with Crippen LogP contribution in [0.3, 0.4) is 0 Å². The van der Waals surface area contributed by atoms with Crippen molar-refractivity contribution in [3.05, 3.63) is 65.7 Å². The fourth-order valence-electron chi connectivity index (χ4n) is 4.32. The molecule has 3 aromatic rings. The molecule has 0 amide bonds. The third-order valence-corrected chi connectivity index (χ3v) is 6.28. The molecule has 1 aliphatic rings. The first-order valence-electron chi connectivity index (χ1n) is 11.5. The monoisotopic (exact) mass is 435 g/mol. The van der Waals surface area contributed by atoms with Crippen molar-refractivity contribution in [1.82, 2.24) is 4.90 Å². The molecule has 2 N–H and O–H groups in total. The number of ether oxygens (including phenoxy) is 2. The Morgan fingerprint density at radius 1 is 0.938 bits per heavy atom. The van der Waals surface area contributed by atoms with Crippen LogP contribution in [0, 0.1) is 5.92 Å². The van der Waals surface area contributed by atoms with Crippen molar-refractivity contribution in [2.24, 2.45) is 5.92 Å². The van der Waals surface area contributed by atoms with E-state index >= 15 is 0 Å². The average Bonchev–Trinajstić information content (AvgIpc) is 2.81. The standard InChI is InChI=1S/C27H33NO4/c1-20-10-12-28(13-11-20)14-16-31-24-6-2-21(3-7-24)18-26-25-8-5-23(30)19-22(25)4-9-27(26)32-17-15-29/h2-9,19-20,29-30H,10-18H2,1H3. The molecule has 0 radical (unpaired) electrons. The Kier molecular flexibility index (Phi) is 7.51. The molecule has 0 aromatic heterocycles. The second-order valence-electron chi connectivity index (χ2n) is 8.71. The third-order valence-electron chi connectivity index (χ3n) is 6.28. The maximum absolute atomic E-state index is 9.84. The van der Waals surface area contributed by atoms with Crippen LogP contribution in [0.4, 0.5) is 0 Å². The number of aliphatic hydroxyl groups excluding tert-OH is 1. The molecular weight excluding hydrogens is 402 g/mol. The van der Waals surface area contributed by atoms with Gasteiger partial charge < -0.3 is 19.7 Å². The molecule has 1 heterocycles. The van der Waals surface area contributed by atoms with E-state index in [-0.39, 0.29) is 19.0 Å². The van der Waals surface area contributed by atoms with E-state index in [9.17, 15) is 10.2 Å². The lowest BCUT2D eigenvalue weighted by Gasteiger charge is -2.29. The van der Waals surface area contributed by atoms with Crippen LogP contribution in [0.5, 0.6) is 17.2 Å². The van der Waals surface area contributed by atoms with E-state index < -0.39 is 0 Å². The molecule has 0 spiro atoms. The molecule has 0 unspecified atom stereocenters. The molecular formula is C27H33NO4. The second kappa shape index (κ2) is 10.7. The van der Waals surface area contributed by atoms with Crippen molar-refractivity contribution in [2.45, 2.75) is 26.2 Å². The SMILES string of the molecule is CC1CCN(CCOc2ccc(Cc3c(OCCO)ccc4cc(O)ccc34)cc2)CC1. The van der Waals surface area contributed by atoms with Crippen molar-refractivity contribution in [2.75, 3.05) is 39.5 Å². The van der Waals surface area contributed by atoms with Gasteiger partial charge in [0.25, 0.3) is 0 Å². The molecule has 0 aliphatic carbocycles. The molecule has 170 valence electrons. The minimum Gasteiger partial charge on any atom is -0.508 e. The Hall–Kier alpha value is -2.76. The van der Waals surface area contributed by atoms with E-state index in [0.29, 0.717) is 13.0 Å². The van der Waals surface area contributed by atoms with Gasteiger partial charge in [-0.05, 0) is 78.5 Å². The number of rotatable bonds is 9. The van der Waals surface area contributed by atoms with Crippen LogP contribution in [0.1, 0.15) is 30.9 Å². The summed E-state index contributed by atoms with van der Waals surface area (Å²) in [5, 5.41) is 21.0. The summed E-state index contributed by atoms with van der Waals surface area (Å²) in [6, 6.07) is 17.5. The molecule has 1 fully saturated rings. The summed E-state index contributed by atoms with van der Waals surface area (Å²) in [5.41, 5.74) is 2.20. The molecule has 5 nitrogen and oxygen atoms in total. The maximum Gasteiger partial charge on any atom is 0.123 e. The summed E-state index contributed by atoms with van der Waals surface area (Å²) in [7, 11) is 0. The summed E-state index contributed by atoms with van der Waals surface area (Å²) >= 11 is 0. The van der Waals surface area contributed by atoms with Crippen LogP contribution in [0.15, 0.2) is 54.6 Å². The number of hydrogen-bond donors (Lipinski definition) is 2. The summed E-state index contributed by atoms with van der Waals surface area (Å²) in [6.45, 7) is 6.58. The predicted molar refractivity (Wildman–Crippen MR) is 128 cm³/mol. The summed E-state index contributed by atoms with van der Waals surface area (Å²) in [6.07, 6.45) is 3.26. The largest absolute Gasteiger partial charge is 0.508 e. The maximum atomic E-state index is 9.84. The van der Waals surface area contributed by atoms with Crippen LogP contribution in [0.25, 0.3) is 10.8 Å². The van der Waals surface area contributed by atoms with Crippen molar-refractivity contribution in [3.8, 4) is 17.2 Å². The molecule has 32 heavy (non-hydrogen) atoms. The fourth-order valence-corrected chi connectivity index (χ4v) is 4.32. The van der Waals surface area contributed by atoms with Crippen molar-refractivity contribution < 1.29 is 19.7 Å². The zero-order valence-corrected chi connectivity index (χ0v) is 18.8. The van der Waals surface area contributed by atoms with E-state index in [0.717, 1.165) is 45.9 Å². The lowest BCUT2D eigenvalue weighted by molar-refractivity contribution is 0.160. The van der Waals surface area contributed by atoms with Gasteiger partial charge >= 0.3 is 0 Å². The summed E-state index contributed by atoms with van der Waals surface area (Å²) < 4.78 is 11.8. The van der Waals surface area contributed by atoms with Crippen molar-refractivity contribution >= 4 is 10.8 Å². The number of aromatic hydroxyl groups is 1. The highest BCUT2D eigenvalue weighted by molar-refractivity contribution is 5.89. The van der Waals surface area contributed by atoms with Crippen molar-refractivity contribution in [1.29, 1.82) is 0 Å². The number of nitrogens with zero attached hydrogens (tertiary/aromatic N) is 1. The van der Waals surface area contributed by atoms with Gasteiger partial charge in [-0.25, -0.2) is 0 Å². The second-order valence-corrected chi connectivity index (χ2v) is 8.71. The van der Waals surface area contributed by atoms with Crippen LogP contribution in [-0.2, 0) is 6.42 Å². The van der Waals surface area contributed by atoms with Gasteiger partial charge in [-0.3, -0.25) is 4.90 Å². The van der Waals surface area contributed by atoms with Crippen LogP contribution < -0.4 is 9.47 Å². The van der Waals surface area contributed by atoms with E-state index in [2.05, 4.69) is 24.0 Å². The highest BCUT2D eigenvalue weighted by atomic mass is 16.5. The van der Waals surface area contributed by atoms with Crippen LogP contribution in [0.2, 0.25) is 0 Å². The van der Waals surface area contributed by atoms with Gasteiger partial charge in [0, 0.05) is 18.5 Å². The van der Waals surface area contributed by atoms with E-state index in [1.54, 1.807) is 12.1 Å². The van der Waals surface area contributed by atoms with Gasteiger partial charge in [-0.2, -0.15) is 0 Å². The van der Waals surface area contributed by atoms with E-state index in [4.69, 9.17) is 9.47 Å². The number of aliphatic hydroxyl groups is 1. The molecule has 0 bridgehead atoms. The minimum atomic E-state index is -0.0322. The Balaban J connectivity index is 1.42. The van der Waals surface area contributed by atoms with Gasteiger partial charge in [0.15, 0.2) is 0 Å². The Labute approximate surface area is 190 Å². The molecule has 0 atom stereocenters. The summed E-state index contributed by atoms with van der Waals surface area (Å²) in [5.74, 6) is 2.74. The molecule has 1 aliphatic heterocycles. The predicted octanol–water partition coefficient (Wildman–Crippen LogP) is 4.62.